The lowest BCUT2D eigenvalue weighted by atomic mass is 10.2. The zero-order valence-corrected chi connectivity index (χ0v) is 14.5. The predicted octanol–water partition coefficient (Wildman–Crippen LogP) is 1.29. The van der Waals surface area contributed by atoms with E-state index < -0.39 is 0 Å². The van der Waals surface area contributed by atoms with Gasteiger partial charge in [-0.25, -0.2) is 14.6 Å². The largest absolute Gasteiger partial charge is 0.288 e. The summed E-state index contributed by atoms with van der Waals surface area (Å²) in [6.45, 7) is 0.663. The fourth-order valence-electron chi connectivity index (χ4n) is 2.84. The summed E-state index contributed by atoms with van der Waals surface area (Å²) in [7, 11) is 0. The second kappa shape index (κ2) is 6.68. The van der Waals surface area contributed by atoms with Gasteiger partial charge < -0.3 is 0 Å². The van der Waals surface area contributed by atoms with Crippen LogP contribution in [0.2, 0.25) is 0 Å². The van der Waals surface area contributed by atoms with Gasteiger partial charge in [0.25, 0.3) is 5.56 Å². The molecule has 132 valence electrons. The van der Waals surface area contributed by atoms with Crippen LogP contribution in [0, 0.1) is 0 Å². The third-order valence-corrected chi connectivity index (χ3v) is 5.01. The van der Waals surface area contributed by atoms with Gasteiger partial charge in [-0.3, -0.25) is 24.7 Å². The number of hydrogen-bond donors (Lipinski definition) is 1. The number of nitrogens with one attached hydrogen (secondary N) is 1. The highest BCUT2D eigenvalue weighted by molar-refractivity contribution is 7.14. The van der Waals surface area contributed by atoms with E-state index in [1.807, 2.05) is 0 Å². The fourth-order valence-corrected chi connectivity index (χ4v) is 3.71. The van der Waals surface area contributed by atoms with E-state index in [-0.39, 0.29) is 23.8 Å². The second-order valence-electron chi connectivity index (χ2n) is 5.92. The number of carbonyl (C=O) groups excluding carboxylic acids is 2. The van der Waals surface area contributed by atoms with Crippen molar-refractivity contribution in [2.45, 2.75) is 19.3 Å². The molecule has 0 aliphatic carbocycles. The lowest BCUT2D eigenvalue weighted by molar-refractivity contribution is -0.117. The number of aromatic nitrogens is 3. The molecule has 1 aromatic carbocycles. The molecule has 3 aromatic rings. The van der Waals surface area contributed by atoms with Gasteiger partial charge in [-0.05, 0) is 18.6 Å². The molecule has 3 heterocycles. The standard InChI is InChI=1S/C17H15N5O3S/c23-14(8-11-9-26-17(19-11)21-7-3-6-15(21)24)20-22-10-18-13-5-2-1-4-12(13)16(22)25/h1-2,4-5,9-10H,3,6-8H2,(H,20,23). The van der Waals surface area contributed by atoms with Crippen LogP contribution < -0.4 is 15.9 Å². The minimum absolute atomic E-state index is 0.0117. The SMILES string of the molecule is O=C(Cc1csc(N2CCCC2=O)n1)Nn1cnc2ccccc2c1=O. The highest BCUT2D eigenvalue weighted by atomic mass is 32.1. The normalized spacial score (nSPS) is 14.2. The van der Waals surface area contributed by atoms with Crippen molar-refractivity contribution in [3.8, 4) is 0 Å². The number of fused-ring (bicyclic) bond motifs is 1. The van der Waals surface area contributed by atoms with Gasteiger partial charge in [-0.2, -0.15) is 0 Å². The van der Waals surface area contributed by atoms with Crippen LogP contribution in [0.15, 0.2) is 40.8 Å². The first kappa shape index (κ1) is 16.4. The zero-order chi connectivity index (χ0) is 18.1. The summed E-state index contributed by atoms with van der Waals surface area (Å²) in [5.41, 5.74) is 3.31. The number of benzene rings is 1. The molecule has 4 rings (SSSR count). The average Bonchev–Trinajstić information content (AvgIpc) is 3.26. The Morgan fingerprint density at radius 1 is 1.27 bits per heavy atom. The maximum absolute atomic E-state index is 12.4. The van der Waals surface area contributed by atoms with Gasteiger partial charge >= 0.3 is 0 Å². The summed E-state index contributed by atoms with van der Waals surface area (Å²) < 4.78 is 1.07. The van der Waals surface area contributed by atoms with E-state index in [1.165, 1.54) is 17.7 Å². The summed E-state index contributed by atoms with van der Waals surface area (Å²) in [6, 6.07) is 6.93. The highest BCUT2D eigenvalue weighted by Crippen LogP contribution is 2.25. The Morgan fingerprint density at radius 3 is 2.92 bits per heavy atom. The van der Waals surface area contributed by atoms with Gasteiger partial charge in [-0.1, -0.05) is 12.1 Å². The Hall–Kier alpha value is -3.07. The van der Waals surface area contributed by atoms with E-state index in [9.17, 15) is 14.4 Å². The van der Waals surface area contributed by atoms with Crippen molar-refractivity contribution in [1.82, 2.24) is 14.6 Å². The smallest absolute Gasteiger partial charge is 0.280 e. The van der Waals surface area contributed by atoms with Gasteiger partial charge in [0.15, 0.2) is 5.13 Å². The number of thiazole rings is 1. The van der Waals surface area contributed by atoms with E-state index in [0.717, 1.165) is 11.1 Å². The molecule has 0 bridgehead atoms. The van der Waals surface area contributed by atoms with Crippen molar-refractivity contribution in [3.63, 3.8) is 0 Å². The molecule has 1 fully saturated rings. The van der Waals surface area contributed by atoms with Crippen molar-refractivity contribution in [3.05, 3.63) is 52.0 Å². The van der Waals surface area contributed by atoms with Crippen molar-refractivity contribution < 1.29 is 9.59 Å². The van der Waals surface area contributed by atoms with E-state index in [1.54, 1.807) is 34.5 Å². The van der Waals surface area contributed by atoms with Crippen LogP contribution in [0.3, 0.4) is 0 Å². The molecule has 1 N–H and O–H groups in total. The lowest BCUT2D eigenvalue weighted by Gasteiger charge is -2.10. The summed E-state index contributed by atoms with van der Waals surface area (Å²) in [4.78, 5) is 46.5. The molecule has 0 unspecified atom stereocenters. The van der Waals surface area contributed by atoms with Gasteiger partial charge in [0.05, 0.1) is 23.0 Å². The number of nitrogens with zero attached hydrogens (tertiary/aromatic N) is 4. The Labute approximate surface area is 152 Å². The molecular formula is C17H15N5O3S. The molecule has 0 saturated carbocycles. The third kappa shape index (κ3) is 3.08. The van der Waals surface area contributed by atoms with Crippen molar-refractivity contribution in [1.29, 1.82) is 0 Å². The first-order valence-electron chi connectivity index (χ1n) is 8.13. The number of amides is 2. The van der Waals surface area contributed by atoms with Crippen LogP contribution in [-0.4, -0.2) is 33.0 Å². The number of anilines is 1. The van der Waals surface area contributed by atoms with Gasteiger partial charge in [0, 0.05) is 18.3 Å². The lowest BCUT2D eigenvalue weighted by Crippen LogP contribution is -2.34. The van der Waals surface area contributed by atoms with E-state index in [4.69, 9.17) is 0 Å². The molecule has 1 aliphatic rings. The van der Waals surface area contributed by atoms with E-state index in [0.29, 0.717) is 34.7 Å². The van der Waals surface area contributed by atoms with Gasteiger partial charge in [0.2, 0.25) is 11.8 Å². The van der Waals surface area contributed by atoms with Crippen LogP contribution >= 0.6 is 11.3 Å². The fraction of sp³-hybridized carbons (Fsp3) is 0.235. The van der Waals surface area contributed by atoms with Crippen LogP contribution in [0.4, 0.5) is 5.13 Å². The Morgan fingerprint density at radius 2 is 2.12 bits per heavy atom. The van der Waals surface area contributed by atoms with Crippen LogP contribution in [0.25, 0.3) is 10.9 Å². The predicted molar refractivity (Wildman–Crippen MR) is 97.8 cm³/mol. The van der Waals surface area contributed by atoms with Crippen molar-refractivity contribution in [2.75, 3.05) is 16.9 Å². The molecule has 2 aromatic heterocycles. The zero-order valence-electron chi connectivity index (χ0n) is 13.7. The molecule has 1 aliphatic heterocycles. The molecular weight excluding hydrogens is 354 g/mol. The first-order chi connectivity index (χ1) is 12.6. The van der Waals surface area contributed by atoms with Gasteiger partial charge in [-0.15, -0.1) is 11.3 Å². The summed E-state index contributed by atoms with van der Waals surface area (Å²) in [6.07, 6.45) is 2.66. The highest BCUT2D eigenvalue weighted by Gasteiger charge is 2.24. The monoisotopic (exact) mass is 369 g/mol. The second-order valence-corrected chi connectivity index (χ2v) is 6.76. The topological polar surface area (TPSA) is 97.2 Å². The molecule has 0 spiro atoms. The Bertz CT molecular complexity index is 1060. The minimum atomic E-state index is -0.381. The van der Waals surface area contributed by atoms with Crippen molar-refractivity contribution in [2.24, 2.45) is 0 Å². The maximum atomic E-state index is 12.4. The van der Waals surface area contributed by atoms with Crippen LogP contribution in [0.1, 0.15) is 18.5 Å². The van der Waals surface area contributed by atoms with E-state index in [2.05, 4.69) is 15.4 Å². The molecule has 2 amide bonds. The number of rotatable bonds is 4. The number of carbonyl (C=O) groups is 2. The number of para-hydroxylation sites is 1. The summed E-state index contributed by atoms with van der Waals surface area (Å²) in [5.74, 6) is -0.321. The Balaban J connectivity index is 1.48. The summed E-state index contributed by atoms with van der Waals surface area (Å²) in [5, 5.41) is 2.79. The maximum Gasteiger partial charge on any atom is 0.280 e. The van der Waals surface area contributed by atoms with Crippen molar-refractivity contribution >= 4 is 39.2 Å². The molecule has 0 atom stereocenters. The van der Waals surface area contributed by atoms with Crippen LogP contribution in [-0.2, 0) is 16.0 Å². The Kier molecular flexibility index (Phi) is 4.21. The first-order valence-corrected chi connectivity index (χ1v) is 9.01. The molecule has 1 saturated heterocycles. The van der Waals surface area contributed by atoms with E-state index >= 15 is 0 Å². The van der Waals surface area contributed by atoms with Crippen LogP contribution in [0.5, 0.6) is 0 Å². The quantitative estimate of drug-likeness (QED) is 0.747. The molecule has 9 heteroatoms. The average molecular weight is 369 g/mol. The molecule has 8 nitrogen and oxygen atoms in total. The van der Waals surface area contributed by atoms with Gasteiger partial charge in [0.1, 0.15) is 6.33 Å². The summed E-state index contributed by atoms with van der Waals surface area (Å²) >= 11 is 1.34. The molecule has 0 radical (unpaired) electrons. The third-order valence-electron chi connectivity index (χ3n) is 4.10. The number of hydrogen-bond acceptors (Lipinski definition) is 6. The molecule has 26 heavy (non-hydrogen) atoms. The minimum Gasteiger partial charge on any atom is -0.288 e.